The smallest absolute Gasteiger partial charge is 0.327 e. The van der Waals surface area contributed by atoms with Crippen LogP contribution in [0.3, 0.4) is 0 Å². The highest BCUT2D eigenvalue weighted by molar-refractivity contribution is 7.99. The van der Waals surface area contributed by atoms with E-state index >= 15 is 0 Å². The second kappa shape index (κ2) is 13.0. The number of carboxylic acids is 1. The highest BCUT2D eigenvalue weighted by Crippen LogP contribution is 2.21. The number of hydrogen-bond acceptors (Lipinski definition) is 4. The van der Waals surface area contributed by atoms with E-state index in [1.165, 1.54) is 11.8 Å². The third kappa shape index (κ3) is 8.57. The van der Waals surface area contributed by atoms with Gasteiger partial charge in [-0.25, -0.2) is 9.59 Å². The molecule has 0 fully saturated rings. The average Bonchev–Trinajstić information content (AvgIpc) is 2.78. The van der Waals surface area contributed by atoms with Crippen molar-refractivity contribution < 1.29 is 19.5 Å². The molecule has 33 heavy (non-hydrogen) atoms. The summed E-state index contributed by atoms with van der Waals surface area (Å²) in [5, 5.41) is 12.1. The minimum absolute atomic E-state index is 0.212. The van der Waals surface area contributed by atoms with Gasteiger partial charge in [0.05, 0.1) is 0 Å². The van der Waals surface area contributed by atoms with Gasteiger partial charge in [0.1, 0.15) is 6.04 Å². The van der Waals surface area contributed by atoms with Crippen LogP contribution < -0.4 is 5.32 Å². The third-order valence-corrected chi connectivity index (χ3v) is 6.44. The zero-order chi connectivity index (χ0) is 24.4. The van der Waals surface area contributed by atoms with Gasteiger partial charge in [0.15, 0.2) is 0 Å². The van der Waals surface area contributed by atoms with E-state index in [1.54, 1.807) is 18.2 Å². The van der Waals surface area contributed by atoms with Crippen molar-refractivity contribution in [3.05, 3.63) is 60.2 Å². The molecular formula is C26H34N2O4S. The second-order valence-corrected chi connectivity index (χ2v) is 9.93. The van der Waals surface area contributed by atoms with E-state index in [1.807, 2.05) is 50.2 Å². The molecule has 3 amide bonds. The molecule has 0 unspecified atom stereocenters. The summed E-state index contributed by atoms with van der Waals surface area (Å²) in [6, 6.07) is 15.1. The Labute approximate surface area is 200 Å². The molecule has 0 aromatic heterocycles. The van der Waals surface area contributed by atoms with Gasteiger partial charge >= 0.3 is 12.0 Å². The predicted molar refractivity (Wildman–Crippen MR) is 134 cm³/mol. The topological polar surface area (TPSA) is 86.7 Å². The Morgan fingerprint density at radius 1 is 0.909 bits per heavy atom. The number of nitrogens with one attached hydrogen (secondary N) is 1. The highest BCUT2D eigenvalue weighted by Gasteiger charge is 2.28. The minimum Gasteiger partial charge on any atom is -0.480 e. The Morgan fingerprint density at radius 2 is 1.58 bits per heavy atom. The number of imide groups is 1. The molecule has 0 heterocycles. The Bertz CT molecular complexity index is 931. The summed E-state index contributed by atoms with van der Waals surface area (Å²) in [5.41, 5.74) is 2.23. The van der Waals surface area contributed by atoms with Crippen LogP contribution >= 0.6 is 11.8 Å². The van der Waals surface area contributed by atoms with Crippen LogP contribution in [-0.2, 0) is 4.79 Å². The summed E-state index contributed by atoms with van der Waals surface area (Å²) >= 11 is 1.48. The minimum atomic E-state index is -1.11. The molecule has 0 saturated heterocycles. The van der Waals surface area contributed by atoms with Gasteiger partial charge in [0.2, 0.25) is 0 Å². The molecule has 0 aliphatic rings. The van der Waals surface area contributed by atoms with Crippen LogP contribution in [0, 0.1) is 11.8 Å². The number of carboxylic acid groups (broad SMARTS) is 1. The fraction of sp³-hybridized carbons (Fsp3) is 0.423. The molecule has 2 N–H and O–H groups in total. The summed E-state index contributed by atoms with van der Waals surface area (Å²) in [4.78, 5) is 39.2. The first-order valence-corrected chi connectivity index (χ1v) is 12.4. The standard InChI is InChI=1S/C26H34N2O4S/c1-18(2)13-14-28(26(32)27-23(25(30)31)17-33-16-19(3)4)24(29)22-12-8-11-21(15-22)20-9-6-5-7-10-20/h5-12,15,18-19,23H,13-14,16-17H2,1-4H3,(H,27,32)(H,30,31)/t23-/m0/s1. The predicted octanol–water partition coefficient (Wildman–Crippen LogP) is 5.39. The van der Waals surface area contributed by atoms with Gasteiger partial charge in [-0.05, 0) is 47.3 Å². The van der Waals surface area contributed by atoms with Crippen LogP contribution in [0.25, 0.3) is 11.1 Å². The molecule has 0 aliphatic heterocycles. The van der Waals surface area contributed by atoms with Gasteiger partial charge in [-0.1, -0.05) is 70.2 Å². The molecule has 7 heteroatoms. The van der Waals surface area contributed by atoms with E-state index in [0.717, 1.165) is 21.8 Å². The summed E-state index contributed by atoms with van der Waals surface area (Å²) in [6.07, 6.45) is 0.622. The van der Waals surface area contributed by atoms with Gasteiger partial charge in [-0.2, -0.15) is 11.8 Å². The zero-order valence-corrected chi connectivity index (χ0v) is 20.6. The molecule has 0 aliphatic carbocycles. The second-order valence-electron chi connectivity index (χ2n) is 8.86. The highest BCUT2D eigenvalue weighted by atomic mass is 32.2. The van der Waals surface area contributed by atoms with Crippen molar-refractivity contribution in [2.24, 2.45) is 11.8 Å². The lowest BCUT2D eigenvalue weighted by atomic mass is 10.0. The number of carbonyl (C=O) groups excluding carboxylic acids is 2. The number of urea groups is 1. The first kappa shape index (κ1) is 26.5. The van der Waals surface area contributed by atoms with Gasteiger partial charge in [0, 0.05) is 17.9 Å². The first-order chi connectivity index (χ1) is 15.7. The lowest BCUT2D eigenvalue weighted by Crippen LogP contribution is -2.51. The fourth-order valence-corrected chi connectivity index (χ4v) is 4.19. The van der Waals surface area contributed by atoms with Gasteiger partial charge in [-0.3, -0.25) is 9.69 Å². The van der Waals surface area contributed by atoms with E-state index in [2.05, 4.69) is 19.2 Å². The number of thioether (sulfide) groups is 1. The molecule has 0 bridgehead atoms. The number of hydrogen-bond donors (Lipinski definition) is 2. The van der Waals surface area contributed by atoms with Crippen LogP contribution in [-0.4, -0.2) is 52.0 Å². The molecule has 0 radical (unpaired) electrons. The Hall–Kier alpha value is -2.80. The monoisotopic (exact) mass is 470 g/mol. The number of amides is 3. The molecule has 2 aromatic rings. The Morgan fingerprint density at radius 3 is 2.18 bits per heavy atom. The maximum Gasteiger partial charge on any atom is 0.327 e. The van der Waals surface area contributed by atoms with E-state index in [9.17, 15) is 19.5 Å². The van der Waals surface area contributed by atoms with Crippen molar-refractivity contribution in [3.63, 3.8) is 0 Å². The summed E-state index contributed by atoms with van der Waals surface area (Å²) in [7, 11) is 0. The normalized spacial score (nSPS) is 11.9. The summed E-state index contributed by atoms with van der Waals surface area (Å²) in [5.74, 6) is 0.185. The number of benzene rings is 2. The zero-order valence-electron chi connectivity index (χ0n) is 19.8. The molecule has 1 atom stereocenters. The quantitative estimate of drug-likeness (QED) is 0.460. The van der Waals surface area contributed by atoms with Crippen molar-refractivity contribution in [3.8, 4) is 11.1 Å². The van der Waals surface area contributed by atoms with E-state index in [-0.39, 0.29) is 18.2 Å². The lowest BCUT2D eigenvalue weighted by molar-refractivity contribution is -0.138. The van der Waals surface area contributed by atoms with Gasteiger partial charge < -0.3 is 10.4 Å². The molecule has 2 aromatic carbocycles. The number of nitrogens with zero attached hydrogens (tertiary/aromatic N) is 1. The molecule has 6 nitrogen and oxygen atoms in total. The lowest BCUT2D eigenvalue weighted by Gasteiger charge is -2.25. The fourth-order valence-electron chi connectivity index (χ4n) is 3.12. The Kier molecular flexibility index (Phi) is 10.5. The van der Waals surface area contributed by atoms with Crippen molar-refractivity contribution in [2.45, 2.75) is 40.2 Å². The molecular weight excluding hydrogens is 436 g/mol. The average molecular weight is 471 g/mol. The van der Waals surface area contributed by atoms with Crippen LogP contribution in [0.5, 0.6) is 0 Å². The van der Waals surface area contributed by atoms with E-state index < -0.39 is 23.9 Å². The van der Waals surface area contributed by atoms with E-state index in [4.69, 9.17) is 0 Å². The van der Waals surface area contributed by atoms with Gasteiger partial charge in [-0.15, -0.1) is 0 Å². The first-order valence-electron chi connectivity index (χ1n) is 11.3. The maximum atomic E-state index is 13.3. The maximum absolute atomic E-state index is 13.3. The van der Waals surface area contributed by atoms with Crippen LogP contribution in [0.1, 0.15) is 44.5 Å². The van der Waals surface area contributed by atoms with E-state index in [0.29, 0.717) is 17.9 Å². The van der Waals surface area contributed by atoms with Crippen molar-refractivity contribution in [2.75, 3.05) is 18.1 Å². The number of carbonyl (C=O) groups is 3. The summed E-state index contributed by atoms with van der Waals surface area (Å²) in [6.45, 7) is 8.34. The number of rotatable bonds is 11. The number of aliphatic carboxylic acids is 1. The van der Waals surface area contributed by atoms with Crippen LogP contribution in [0.15, 0.2) is 54.6 Å². The largest absolute Gasteiger partial charge is 0.480 e. The molecule has 0 spiro atoms. The SMILES string of the molecule is CC(C)CCN(C(=O)N[C@@H](CSCC(C)C)C(=O)O)C(=O)c1cccc(-c2ccccc2)c1. The van der Waals surface area contributed by atoms with Crippen LogP contribution in [0.4, 0.5) is 4.79 Å². The summed E-state index contributed by atoms with van der Waals surface area (Å²) < 4.78 is 0. The molecule has 2 rings (SSSR count). The van der Waals surface area contributed by atoms with Crippen molar-refractivity contribution in [1.29, 1.82) is 0 Å². The third-order valence-electron chi connectivity index (χ3n) is 4.97. The van der Waals surface area contributed by atoms with Gasteiger partial charge in [0.25, 0.3) is 5.91 Å². The van der Waals surface area contributed by atoms with Crippen molar-refractivity contribution in [1.82, 2.24) is 10.2 Å². The van der Waals surface area contributed by atoms with Crippen LogP contribution in [0.2, 0.25) is 0 Å². The molecule has 178 valence electrons. The molecule has 0 saturated carbocycles. The van der Waals surface area contributed by atoms with Crippen molar-refractivity contribution >= 4 is 29.7 Å². The Balaban J connectivity index is 2.23.